The van der Waals surface area contributed by atoms with Gasteiger partial charge in [0.05, 0.1) is 12.2 Å². The molecule has 1 aromatic carbocycles. The van der Waals surface area contributed by atoms with Gasteiger partial charge in [0.15, 0.2) is 0 Å². The van der Waals surface area contributed by atoms with Crippen LogP contribution in [0.2, 0.25) is 0 Å². The number of hydrogen-bond donors (Lipinski definition) is 2. The molecule has 0 bridgehead atoms. The first-order valence-corrected chi connectivity index (χ1v) is 8.36. The maximum absolute atomic E-state index is 12.4. The fraction of sp³-hybridized carbons (Fsp3) is 0.333. The molecule has 25 heavy (non-hydrogen) atoms. The highest BCUT2D eigenvalue weighted by Gasteiger charge is 2.22. The molecule has 130 valence electrons. The molecule has 0 amide bonds. The summed E-state index contributed by atoms with van der Waals surface area (Å²) in [5.41, 5.74) is 2.54. The van der Waals surface area contributed by atoms with Gasteiger partial charge >= 0.3 is 5.69 Å². The van der Waals surface area contributed by atoms with Gasteiger partial charge in [0.2, 0.25) is 0 Å². The summed E-state index contributed by atoms with van der Waals surface area (Å²) in [5.74, 6) is 0.636. The standard InChI is InChI=1S/C18H21N5O2/c1-21-16-14(17(24)22(2)18(21)25)10-23(11-20-16)8-7-12-9-19-15-6-4-3-5-13(12)15/h3-6,9,19-20H,7-8,10-11H2,1-2H3. The lowest BCUT2D eigenvalue weighted by molar-refractivity contribution is 0.274. The Balaban J connectivity index is 1.55. The minimum Gasteiger partial charge on any atom is -0.361 e. The van der Waals surface area contributed by atoms with E-state index in [2.05, 4.69) is 33.5 Å². The second-order valence-electron chi connectivity index (χ2n) is 6.53. The van der Waals surface area contributed by atoms with E-state index in [1.165, 1.54) is 27.1 Å². The molecule has 7 nitrogen and oxygen atoms in total. The Kier molecular flexibility index (Phi) is 3.73. The predicted octanol–water partition coefficient (Wildman–Crippen LogP) is 0.993. The average molecular weight is 339 g/mol. The molecule has 0 atom stereocenters. The van der Waals surface area contributed by atoms with Gasteiger partial charge in [-0.05, 0) is 18.1 Å². The Labute approximate surface area is 144 Å². The SMILES string of the molecule is Cn1c2c(c(=O)n(C)c1=O)CN(CCc1c[nH]c3ccccc13)CN2. The summed E-state index contributed by atoms with van der Waals surface area (Å²) in [5, 5.41) is 4.47. The summed E-state index contributed by atoms with van der Waals surface area (Å²) < 4.78 is 2.68. The normalized spacial score (nSPS) is 14.5. The number of para-hydroxylation sites is 1. The highest BCUT2D eigenvalue weighted by molar-refractivity contribution is 5.83. The van der Waals surface area contributed by atoms with Crippen LogP contribution in [0.25, 0.3) is 10.9 Å². The molecule has 0 saturated carbocycles. The maximum Gasteiger partial charge on any atom is 0.332 e. The molecule has 0 fully saturated rings. The van der Waals surface area contributed by atoms with Gasteiger partial charge in [-0.25, -0.2) is 4.79 Å². The number of benzene rings is 1. The van der Waals surface area contributed by atoms with E-state index in [9.17, 15) is 9.59 Å². The van der Waals surface area contributed by atoms with Crippen LogP contribution >= 0.6 is 0 Å². The van der Waals surface area contributed by atoms with Crippen LogP contribution in [-0.2, 0) is 27.1 Å². The molecule has 2 aromatic heterocycles. The first-order valence-electron chi connectivity index (χ1n) is 8.36. The van der Waals surface area contributed by atoms with Crippen molar-refractivity contribution in [1.82, 2.24) is 19.0 Å². The summed E-state index contributed by atoms with van der Waals surface area (Å²) in [6.07, 6.45) is 2.95. The molecule has 7 heteroatoms. The molecule has 0 saturated heterocycles. The summed E-state index contributed by atoms with van der Waals surface area (Å²) >= 11 is 0. The third-order valence-corrected chi connectivity index (χ3v) is 4.98. The number of H-pyrrole nitrogens is 1. The number of nitrogens with zero attached hydrogens (tertiary/aromatic N) is 3. The quantitative estimate of drug-likeness (QED) is 0.746. The van der Waals surface area contributed by atoms with E-state index >= 15 is 0 Å². The Bertz CT molecular complexity index is 1060. The highest BCUT2D eigenvalue weighted by atomic mass is 16.2. The Morgan fingerprint density at radius 3 is 2.76 bits per heavy atom. The van der Waals surface area contributed by atoms with E-state index in [1.54, 1.807) is 7.05 Å². The molecule has 4 rings (SSSR count). The van der Waals surface area contributed by atoms with Crippen LogP contribution in [0.4, 0.5) is 5.82 Å². The average Bonchev–Trinajstić information content (AvgIpc) is 3.06. The van der Waals surface area contributed by atoms with Gasteiger partial charge in [0, 0.05) is 44.3 Å². The van der Waals surface area contributed by atoms with Gasteiger partial charge in [-0.2, -0.15) is 0 Å². The van der Waals surface area contributed by atoms with Crippen molar-refractivity contribution in [3.63, 3.8) is 0 Å². The van der Waals surface area contributed by atoms with Gasteiger partial charge in [-0.15, -0.1) is 0 Å². The monoisotopic (exact) mass is 339 g/mol. The van der Waals surface area contributed by atoms with Crippen LogP contribution in [0.3, 0.4) is 0 Å². The van der Waals surface area contributed by atoms with Crippen LogP contribution in [0.1, 0.15) is 11.1 Å². The molecule has 1 aliphatic heterocycles. The van der Waals surface area contributed by atoms with Gasteiger partial charge in [0.25, 0.3) is 5.56 Å². The largest absolute Gasteiger partial charge is 0.361 e. The topological polar surface area (TPSA) is 75.1 Å². The number of fused-ring (bicyclic) bond motifs is 2. The predicted molar refractivity (Wildman–Crippen MR) is 97.8 cm³/mol. The summed E-state index contributed by atoms with van der Waals surface area (Å²) in [4.78, 5) is 29.9. The highest BCUT2D eigenvalue weighted by Crippen LogP contribution is 2.20. The van der Waals surface area contributed by atoms with Crippen molar-refractivity contribution in [3.05, 3.63) is 62.4 Å². The Morgan fingerprint density at radius 2 is 1.92 bits per heavy atom. The number of aromatic nitrogens is 3. The van der Waals surface area contributed by atoms with Gasteiger partial charge in [-0.1, -0.05) is 18.2 Å². The van der Waals surface area contributed by atoms with Crippen LogP contribution < -0.4 is 16.6 Å². The summed E-state index contributed by atoms with van der Waals surface area (Å²) in [6, 6.07) is 8.26. The van der Waals surface area contributed by atoms with E-state index in [0.717, 1.165) is 18.5 Å². The lowest BCUT2D eigenvalue weighted by Crippen LogP contribution is -2.46. The molecule has 0 spiro atoms. The molecule has 1 aliphatic rings. The molecule has 2 N–H and O–H groups in total. The van der Waals surface area contributed by atoms with Crippen LogP contribution in [-0.4, -0.2) is 32.2 Å². The van der Waals surface area contributed by atoms with Gasteiger partial charge < -0.3 is 10.3 Å². The molecule has 0 aliphatic carbocycles. The maximum atomic E-state index is 12.4. The number of hydrogen-bond acceptors (Lipinski definition) is 4. The number of nitrogens with one attached hydrogen (secondary N) is 2. The van der Waals surface area contributed by atoms with Crippen LogP contribution in [0, 0.1) is 0 Å². The zero-order valence-electron chi connectivity index (χ0n) is 14.4. The van der Waals surface area contributed by atoms with Crippen molar-refractivity contribution < 1.29 is 0 Å². The zero-order valence-corrected chi connectivity index (χ0v) is 14.4. The number of aromatic amines is 1. The second-order valence-corrected chi connectivity index (χ2v) is 6.53. The third-order valence-electron chi connectivity index (χ3n) is 4.98. The lowest BCUT2D eigenvalue weighted by atomic mass is 10.1. The molecule has 3 aromatic rings. The van der Waals surface area contributed by atoms with E-state index in [1.807, 2.05) is 12.1 Å². The minimum atomic E-state index is -0.302. The van der Waals surface area contributed by atoms with Crippen molar-refractivity contribution in [2.75, 3.05) is 18.5 Å². The van der Waals surface area contributed by atoms with E-state index < -0.39 is 0 Å². The van der Waals surface area contributed by atoms with E-state index in [0.29, 0.717) is 24.6 Å². The lowest BCUT2D eigenvalue weighted by Gasteiger charge is -2.30. The third kappa shape index (κ3) is 2.56. The Morgan fingerprint density at radius 1 is 1.12 bits per heavy atom. The summed E-state index contributed by atoms with van der Waals surface area (Å²) in [6.45, 7) is 2.00. The van der Waals surface area contributed by atoms with Crippen molar-refractivity contribution in [1.29, 1.82) is 0 Å². The van der Waals surface area contributed by atoms with Crippen LogP contribution in [0.5, 0.6) is 0 Å². The van der Waals surface area contributed by atoms with Gasteiger partial charge in [0.1, 0.15) is 5.82 Å². The van der Waals surface area contributed by atoms with Crippen LogP contribution in [0.15, 0.2) is 40.1 Å². The van der Waals surface area contributed by atoms with E-state index in [-0.39, 0.29) is 11.2 Å². The Hall–Kier alpha value is -2.80. The smallest absolute Gasteiger partial charge is 0.332 e. The van der Waals surface area contributed by atoms with Crippen molar-refractivity contribution in [2.24, 2.45) is 14.1 Å². The molecule has 3 heterocycles. The first-order chi connectivity index (χ1) is 12.1. The fourth-order valence-electron chi connectivity index (χ4n) is 3.52. The molecular weight excluding hydrogens is 318 g/mol. The molecular formula is C18H21N5O2. The van der Waals surface area contributed by atoms with Crippen molar-refractivity contribution >= 4 is 16.7 Å². The summed E-state index contributed by atoms with van der Waals surface area (Å²) in [7, 11) is 3.21. The number of anilines is 1. The van der Waals surface area contributed by atoms with E-state index in [4.69, 9.17) is 0 Å². The van der Waals surface area contributed by atoms with Gasteiger partial charge in [-0.3, -0.25) is 18.8 Å². The first kappa shape index (κ1) is 15.7. The van der Waals surface area contributed by atoms with Crippen molar-refractivity contribution in [2.45, 2.75) is 13.0 Å². The molecule has 0 unspecified atom stereocenters. The van der Waals surface area contributed by atoms with Crippen molar-refractivity contribution in [3.8, 4) is 0 Å². The fourth-order valence-corrected chi connectivity index (χ4v) is 3.52. The number of rotatable bonds is 3. The zero-order chi connectivity index (χ0) is 17.6. The molecule has 0 radical (unpaired) electrons. The second kappa shape index (κ2) is 5.93. The minimum absolute atomic E-state index is 0.220.